The summed E-state index contributed by atoms with van der Waals surface area (Å²) in [5.41, 5.74) is 0. The Morgan fingerprint density at radius 2 is 2.07 bits per heavy atom. The summed E-state index contributed by atoms with van der Waals surface area (Å²) in [4.78, 5) is 7.87. The molecule has 3 nitrogen and oxygen atoms in total. The average molecular weight is 246 g/mol. The third-order valence-corrected chi connectivity index (χ3v) is 3.52. The molecule has 1 N–H and O–H groups in total. The van der Waals surface area contributed by atoms with E-state index in [1.165, 1.54) is 6.42 Å². The van der Waals surface area contributed by atoms with Crippen molar-refractivity contribution in [3.05, 3.63) is 16.5 Å². The van der Waals surface area contributed by atoms with Crippen molar-refractivity contribution >= 4 is 29.0 Å². The molecular weight excluding hydrogens is 233 g/mol. The van der Waals surface area contributed by atoms with Gasteiger partial charge in [0.15, 0.2) is 0 Å². The molecule has 0 bridgehead atoms. The predicted molar refractivity (Wildman–Crippen MR) is 62.4 cm³/mol. The third kappa shape index (κ3) is 2.34. The highest BCUT2D eigenvalue weighted by molar-refractivity contribution is 6.32. The molecule has 1 aliphatic carbocycles. The molecule has 0 spiro atoms. The van der Waals surface area contributed by atoms with Gasteiger partial charge in [-0.25, -0.2) is 9.97 Å². The van der Waals surface area contributed by atoms with Gasteiger partial charge in [-0.1, -0.05) is 25.4 Å². The SMILES string of the molecule is CC1CC(Nc2cc(Cl)nc(Cl)n2)C1C. The number of hydrogen-bond acceptors (Lipinski definition) is 3. The molecule has 3 atom stereocenters. The summed E-state index contributed by atoms with van der Waals surface area (Å²) in [5.74, 6) is 2.15. The minimum absolute atomic E-state index is 0.185. The second-order valence-electron chi connectivity index (χ2n) is 4.17. The Morgan fingerprint density at radius 3 is 2.60 bits per heavy atom. The van der Waals surface area contributed by atoms with Gasteiger partial charge in [-0.15, -0.1) is 0 Å². The van der Waals surface area contributed by atoms with Gasteiger partial charge in [0.05, 0.1) is 0 Å². The van der Waals surface area contributed by atoms with E-state index in [9.17, 15) is 0 Å². The van der Waals surface area contributed by atoms with Crippen LogP contribution in [0.2, 0.25) is 10.4 Å². The minimum Gasteiger partial charge on any atom is -0.367 e. The molecule has 82 valence electrons. The van der Waals surface area contributed by atoms with E-state index >= 15 is 0 Å². The Bertz CT molecular complexity index is 349. The van der Waals surface area contributed by atoms with Gasteiger partial charge in [0.1, 0.15) is 11.0 Å². The smallest absolute Gasteiger partial charge is 0.225 e. The van der Waals surface area contributed by atoms with Crippen LogP contribution in [0.1, 0.15) is 20.3 Å². The Hall–Kier alpha value is -0.540. The van der Waals surface area contributed by atoms with E-state index in [1.807, 2.05) is 0 Å². The van der Waals surface area contributed by atoms with E-state index < -0.39 is 0 Å². The van der Waals surface area contributed by atoms with Gasteiger partial charge < -0.3 is 5.32 Å². The van der Waals surface area contributed by atoms with E-state index in [0.717, 1.165) is 5.92 Å². The molecule has 0 aromatic carbocycles. The lowest BCUT2D eigenvalue weighted by atomic mass is 9.71. The van der Waals surface area contributed by atoms with Crippen LogP contribution in [0.4, 0.5) is 5.82 Å². The molecule has 1 saturated carbocycles. The maximum Gasteiger partial charge on any atom is 0.225 e. The third-order valence-electron chi connectivity index (χ3n) is 3.16. The van der Waals surface area contributed by atoms with Gasteiger partial charge in [-0.3, -0.25) is 0 Å². The monoisotopic (exact) mass is 245 g/mol. The lowest BCUT2D eigenvalue weighted by Crippen LogP contribution is -2.43. The highest BCUT2D eigenvalue weighted by Gasteiger charge is 2.34. The number of rotatable bonds is 2. The number of hydrogen-bond donors (Lipinski definition) is 1. The van der Waals surface area contributed by atoms with Crippen LogP contribution in [0.3, 0.4) is 0 Å². The second kappa shape index (κ2) is 4.14. The van der Waals surface area contributed by atoms with E-state index in [4.69, 9.17) is 23.2 Å². The molecule has 2 rings (SSSR count). The first-order valence-corrected chi connectivity index (χ1v) is 5.78. The largest absolute Gasteiger partial charge is 0.367 e. The van der Waals surface area contributed by atoms with E-state index in [-0.39, 0.29) is 5.28 Å². The number of anilines is 1. The Kier molecular flexibility index (Phi) is 3.03. The summed E-state index contributed by atoms with van der Waals surface area (Å²) in [7, 11) is 0. The molecule has 1 heterocycles. The first-order chi connectivity index (χ1) is 7.06. The van der Waals surface area contributed by atoms with Crippen molar-refractivity contribution in [2.75, 3.05) is 5.32 Å². The summed E-state index contributed by atoms with van der Waals surface area (Å²) >= 11 is 11.5. The topological polar surface area (TPSA) is 37.8 Å². The van der Waals surface area contributed by atoms with Gasteiger partial charge >= 0.3 is 0 Å². The van der Waals surface area contributed by atoms with E-state index in [1.54, 1.807) is 6.07 Å². The molecule has 0 amide bonds. The summed E-state index contributed by atoms with van der Waals surface area (Å²) < 4.78 is 0. The molecule has 0 saturated heterocycles. The van der Waals surface area contributed by atoms with Crippen LogP contribution in [-0.2, 0) is 0 Å². The Labute approximate surface area is 99.2 Å². The minimum atomic E-state index is 0.185. The summed E-state index contributed by atoms with van der Waals surface area (Å²) in [6.45, 7) is 4.49. The van der Waals surface area contributed by atoms with Crippen LogP contribution in [0.25, 0.3) is 0 Å². The molecule has 1 fully saturated rings. The van der Waals surface area contributed by atoms with Crippen molar-refractivity contribution < 1.29 is 0 Å². The number of nitrogens with zero attached hydrogens (tertiary/aromatic N) is 2. The van der Waals surface area contributed by atoms with Gasteiger partial charge in [0, 0.05) is 12.1 Å². The zero-order valence-electron chi connectivity index (χ0n) is 8.67. The highest BCUT2D eigenvalue weighted by atomic mass is 35.5. The van der Waals surface area contributed by atoms with Gasteiger partial charge in [0.2, 0.25) is 5.28 Å². The number of aromatic nitrogens is 2. The van der Waals surface area contributed by atoms with E-state index in [2.05, 4.69) is 29.1 Å². The van der Waals surface area contributed by atoms with Crippen LogP contribution in [0.5, 0.6) is 0 Å². The molecule has 1 aromatic rings. The summed E-state index contributed by atoms with van der Waals surface area (Å²) in [6, 6.07) is 2.17. The normalized spacial score (nSPS) is 29.7. The first-order valence-electron chi connectivity index (χ1n) is 5.03. The zero-order valence-corrected chi connectivity index (χ0v) is 10.2. The average Bonchev–Trinajstić information content (AvgIpc) is 2.15. The number of nitrogens with one attached hydrogen (secondary N) is 1. The predicted octanol–water partition coefficient (Wildman–Crippen LogP) is 3.24. The van der Waals surface area contributed by atoms with Gasteiger partial charge in [-0.2, -0.15) is 0 Å². The molecule has 5 heteroatoms. The van der Waals surface area contributed by atoms with Crippen LogP contribution < -0.4 is 5.32 Å². The first kappa shape index (κ1) is 11.0. The maximum absolute atomic E-state index is 5.78. The van der Waals surface area contributed by atoms with Crippen molar-refractivity contribution in [2.45, 2.75) is 26.3 Å². The Balaban J connectivity index is 2.05. The fourth-order valence-corrected chi connectivity index (χ4v) is 2.28. The second-order valence-corrected chi connectivity index (χ2v) is 4.89. The molecule has 1 aliphatic rings. The number of halogens is 2. The van der Waals surface area contributed by atoms with Crippen molar-refractivity contribution in [1.82, 2.24) is 9.97 Å². The molecule has 0 aliphatic heterocycles. The van der Waals surface area contributed by atoms with E-state index in [0.29, 0.717) is 22.9 Å². The highest BCUT2D eigenvalue weighted by Crippen LogP contribution is 2.35. The van der Waals surface area contributed by atoms with Gasteiger partial charge in [-0.05, 0) is 29.9 Å². The quantitative estimate of drug-likeness (QED) is 0.643. The van der Waals surface area contributed by atoms with Crippen molar-refractivity contribution in [3.63, 3.8) is 0 Å². The van der Waals surface area contributed by atoms with Crippen LogP contribution in [0, 0.1) is 11.8 Å². The maximum atomic E-state index is 5.78. The fourth-order valence-electron chi connectivity index (χ4n) is 1.87. The lowest BCUT2D eigenvalue weighted by molar-refractivity contribution is 0.188. The van der Waals surface area contributed by atoms with Crippen molar-refractivity contribution in [2.24, 2.45) is 11.8 Å². The van der Waals surface area contributed by atoms with Crippen molar-refractivity contribution in [1.29, 1.82) is 0 Å². The summed E-state index contributed by atoms with van der Waals surface area (Å²) in [6.07, 6.45) is 1.17. The van der Waals surface area contributed by atoms with Crippen LogP contribution in [-0.4, -0.2) is 16.0 Å². The van der Waals surface area contributed by atoms with Crippen molar-refractivity contribution in [3.8, 4) is 0 Å². The molecule has 0 radical (unpaired) electrons. The molecule has 15 heavy (non-hydrogen) atoms. The van der Waals surface area contributed by atoms with Gasteiger partial charge in [0.25, 0.3) is 0 Å². The molecule has 1 aromatic heterocycles. The Morgan fingerprint density at radius 1 is 1.33 bits per heavy atom. The molecular formula is C10H13Cl2N3. The fraction of sp³-hybridized carbons (Fsp3) is 0.600. The molecule has 3 unspecified atom stereocenters. The summed E-state index contributed by atoms with van der Waals surface area (Å²) in [5, 5.41) is 3.88. The lowest BCUT2D eigenvalue weighted by Gasteiger charge is -2.41. The van der Waals surface area contributed by atoms with Crippen LogP contribution in [0.15, 0.2) is 6.07 Å². The standard InChI is InChI=1S/C10H13Cl2N3/c1-5-3-7(6(5)2)13-9-4-8(11)14-10(12)15-9/h4-7H,3H2,1-2H3,(H,13,14,15). The van der Waals surface area contributed by atoms with Crippen LogP contribution >= 0.6 is 23.2 Å². The zero-order chi connectivity index (χ0) is 11.0.